The Morgan fingerprint density at radius 3 is 2.50 bits per heavy atom. The van der Waals surface area contributed by atoms with Crippen LogP contribution in [-0.4, -0.2) is 10.8 Å². The molecule has 0 aliphatic carbocycles. The first-order valence-corrected chi connectivity index (χ1v) is 7.95. The van der Waals surface area contributed by atoms with Crippen molar-refractivity contribution in [2.75, 3.05) is 0 Å². The van der Waals surface area contributed by atoms with E-state index >= 15 is 0 Å². The highest BCUT2D eigenvalue weighted by molar-refractivity contribution is 7.07. The summed E-state index contributed by atoms with van der Waals surface area (Å²) < 4.78 is 5.87. The lowest BCUT2D eigenvalue weighted by Crippen LogP contribution is -2.20. The van der Waals surface area contributed by atoms with Crippen LogP contribution < -0.4 is 4.74 Å². The third-order valence-corrected chi connectivity index (χ3v) is 3.87. The van der Waals surface area contributed by atoms with Crippen LogP contribution in [0.1, 0.15) is 28.4 Å². The minimum absolute atomic E-state index is 0.153. The van der Waals surface area contributed by atoms with Gasteiger partial charge in [-0.1, -0.05) is 42.5 Å². The number of hydrogen-bond donors (Lipinski definition) is 0. The fraction of sp³-hybridized carbons (Fsp3) is 0.111. The molecule has 22 heavy (non-hydrogen) atoms. The van der Waals surface area contributed by atoms with Gasteiger partial charge >= 0.3 is 0 Å². The second kappa shape index (κ2) is 7.00. The van der Waals surface area contributed by atoms with Gasteiger partial charge in [-0.15, -0.1) is 11.3 Å². The normalized spacial score (nSPS) is 16.0. The van der Waals surface area contributed by atoms with Gasteiger partial charge < -0.3 is 4.74 Å². The van der Waals surface area contributed by atoms with Crippen LogP contribution in [0, 0.1) is 0 Å². The number of ether oxygens (including phenoxy) is 1. The second-order valence-corrected chi connectivity index (χ2v) is 5.57. The van der Waals surface area contributed by atoms with E-state index < -0.39 is 0 Å². The maximum Gasteiger partial charge on any atom is 0.170 e. The van der Waals surface area contributed by atoms with Crippen LogP contribution in [0.4, 0.5) is 0 Å². The molecule has 1 unspecified atom stereocenters. The number of carbonyl (C=O) groups is 1. The lowest BCUT2D eigenvalue weighted by Gasteiger charge is -2.25. The molecule has 0 saturated carbocycles. The van der Waals surface area contributed by atoms with E-state index in [1.54, 1.807) is 23.0 Å². The number of carbonyl (C=O) groups excluding carboxylic acids is 1. The van der Waals surface area contributed by atoms with E-state index in [4.69, 9.17) is 4.74 Å². The standard InChI is InChI=1S/C15H12O2.C3H3NS/c16-13-10-15(11-6-2-1-3-7-11)17-14-9-5-4-8-12(13)14;1-2-5-3-4-1/h1-9,15H,10H2;1-3H. The molecule has 0 fully saturated rings. The first-order valence-electron chi connectivity index (χ1n) is 7.00. The molecule has 4 heteroatoms. The van der Waals surface area contributed by atoms with E-state index in [0.29, 0.717) is 17.7 Å². The van der Waals surface area contributed by atoms with Gasteiger partial charge in [0.25, 0.3) is 0 Å². The van der Waals surface area contributed by atoms with Gasteiger partial charge in [-0.25, -0.2) is 0 Å². The van der Waals surface area contributed by atoms with Crippen molar-refractivity contribution >= 4 is 17.1 Å². The molecule has 0 N–H and O–H groups in total. The largest absolute Gasteiger partial charge is 0.484 e. The zero-order valence-electron chi connectivity index (χ0n) is 11.9. The van der Waals surface area contributed by atoms with Gasteiger partial charge in [0.05, 0.1) is 17.5 Å². The van der Waals surface area contributed by atoms with Crippen molar-refractivity contribution in [1.29, 1.82) is 0 Å². The molecule has 1 aliphatic heterocycles. The molecular weight excluding hydrogens is 294 g/mol. The van der Waals surface area contributed by atoms with Crippen LogP contribution in [0.25, 0.3) is 0 Å². The number of aromatic nitrogens is 1. The molecule has 0 bridgehead atoms. The summed E-state index contributed by atoms with van der Waals surface area (Å²) in [7, 11) is 0. The minimum atomic E-state index is -0.154. The number of ketones is 1. The van der Waals surface area contributed by atoms with Crippen molar-refractivity contribution in [3.8, 4) is 5.75 Å². The number of hydrogen-bond acceptors (Lipinski definition) is 4. The van der Waals surface area contributed by atoms with Crippen molar-refractivity contribution in [2.45, 2.75) is 12.5 Å². The third kappa shape index (κ3) is 3.40. The number of nitrogens with zero attached hydrogens (tertiary/aromatic N) is 1. The second-order valence-electron chi connectivity index (χ2n) is 4.82. The number of rotatable bonds is 1. The lowest BCUT2D eigenvalue weighted by atomic mass is 9.96. The van der Waals surface area contributed by atoms with Gasteiger partial charge in [0.1, 0.15) is 11.9 Å². The zero-order valence-corrected chi connectivity index (χ0v) is 12.7. The Morgan fingerprint density at radius 2 is 1.82 bits per heavy atom. The Kier molecular flexibility index (Phi) is 4.61. The van der Waals surface area contributed by atoms with Crippen LogP contribution in [-0.2, 0) is 0 Å². The van der Waals surface area contributed by atoms with E-state index in [-0.39, 0.29) is 11.9 Å². The van der Waals surface area contributed by atoms with Gasteiger partial charge in [0, 0.05) is 11.6 Å². The maximum atomic E-state index is 12.0. The van der Waals surface area contributed by atoms with Crippen molar-refractivity contribution in [1.82, 2.24) is 4.98 Å². The van der Waals surface area contributed by atoms with Crippen molar-refractivity contribution in [3.05, 3.63) is 82.8 Å². The number of benzene rings is 2. The highest BCUT2D eigenvalue weighted by Crippen LogP contribution is 2.34. The van der Waals surface area contributed by atoms with Crippen LogP contribution in [0.5, 0.6) is 5.75 Å². The molecule has 3 aromatic rings. The van der Waals surface area contributed by atoms with Gasteiger partial charge in [0.15, 0.2) is 5.78 Å². The SMILES string of the molecule is O=C1CC(c2ccccc2)Oc2ccccc21.c1cscn1. The monoisotopic (exact) mass is 309 g/mol. The summed E-state index contributed by atoms with van der Waals surface area (Å²) in [6, 6.07) is 17.3. The first-order chi connectivity index (χ1) is 10.8. The number of para-hydroxylation sites is 1. The Balaban J connectivity index is 0.000000246. The van der Waals surface area contributed by atoms with Gasteiger partial charge in [-0.3, -0.25) is 9.78 Å². The van der Waals surface area contributed by atoms with E-state index in [2.05, 4.69) is 4.98 Å². The maximum absolute atomic E-state index is 12.0. The summed E-state index contributed by atoms with van der Waals surface area (Å²) in [6.07, 6.45) is 2.03. The average Bonchev–Trinajstić information content (AvgIpc) is 3.15. The summed E-state index contributed by atoms with van der Waals surface area (Å²) in [4.78, 5) is 15.7. The van der Waals surface area contributed by atoms with Crippen LogP contribution in [0.3, 0.4) is 0 Å². The molecule has 110 valence electrons. The van der Waals surface area contributed by atoms with Crippen molar-refractivity contribution < 1.29 is 9.53 Å². The van der Waals surface area contributed by atoms with E-state index in [1.165, 1.54) is 0 Å². The van der Waals surface area contributed by atoms with Gasteiger partial charge in [-0.2, -0.15) is 0 Å². The van der Waals surface area contributed by atoms with Crippen LogP contribution in [0.15, 0.2) is 71.7 Å². The molecule has 4 rings (SSSR count). The smallest absolute Gasteiger partial charge is 0.170 e. The van der Waals surface area contributed by atoms with Crippen molar-refractivity contribution in [3.63, 3.8) is 0 Å². The molecule has 0 amide bonds. The van der Waals surface area contributed by atoms with Gasteiger partial charge in [-0.05, 0) is 17.7 Å². The number of fused-ring (bicyclic) bond motifs is 1. The summed E-state index contributed by atoms with van der Waals surface area (Å²) >= 11 is 1.60. The fourth-order valence-corrected chi connectivity index (χ4v) is 2.65. The summed E-state index contributed by atoms with van der Waals surface area (Å²) in [5.74, 6) is 0.846. The molecule has 0 radical (unpaired) electrons. The topological polar surface area (TPSA) is 39.2 Å². The van der Waals surface area contributed by atoms with E-state index in [0.717, 1.165) is 5.56 Å². The lowest BCUT2D eigenvalue weighted by molar-refractivity contribution is 0.0850. The summed E-state index contributed by atoms with van der Waals surface area (Å²) in [6.45, 7) is 0. The molecule has 0 saturated heterocycles. The average molecular weight is 309 g/mol. The molecule has 1 aromatic heterocycles. The molecule has 3 nitrogen and oxygen atoms in total. The fourth-order valence-electron chi connectivity index (χ4n) is 2.30. The highest BCUT2D eigenvalue weighted by atomic mass is 32.1. The first kappa shape index (κ1) is 14.5. The molecule has 1 atom stereocenters. The Bertz CT molecular complexity index is 709. The Hall–Kier alpha value is -2.46. The Morgan fingerprint density at radius 1 is 1.05 bits per heavy atom. The highest BCUT2D eigenvalue weighted by Gasteiger charge is 2.26. The quantitative estimate of drug-likeness (QED) is 0.662. The Labute approximate surface area is 133 Å². The van der Waals surface area contributed by atoms with Gasteiger partial charge in [0.2, 0.25) is 0 Å². The van der Waals surface area contributed by atoms with Crippen LogP contribution in [0.2, 0.25) is 0 Å². The molecule has 2 heterocycles. The van der Waals surface area contributed by atoms with E-state index in [9.17, 15) is 4.79 Å². The number of thiazole rings is 1. The van der Waals surface area contributed by atoms with E-state index in [1.807, 2.05) is 60.0 Å². The summed E-state index contributed by atoms with van der Waals surface area (Å²) in [5, 5.41) is 1.93. The van der Waals surface area contributed by atoms with Crippen LogP contribution >= 0.6 is 11.3 Å². The zero-order chi connectivity index (χ0) is 15.2. The third-order valence-electron chi connectivity index (χ3n) is 3.35. The molecular formula is C18H15NO2S. The predicted octanol–water partition coefficient (Wildman–Crippen LogP) is 4.54. The molecule has 2 aromatic carbocycles. The molecule has 0 spiro atoms. The summed E-state index contributed by atoms with van der Waals surface area (Å²) in [5.41, 5.74) is 3.54. The molecule has 1 aliphatic rings. The number of Topliss-reactive ketones (excluding diaryl/α,β-unsaturated/α-hetero) is 1. The predicted molar refractivity (Wildman–Crippen MR) is 87.3 cm³/mol. The van der Waals surface area contributed by atoms with Crippen molar-refractivity contribution in [2.24, 2.45) is 0 Å². The minimum Gasteiger partial charge on any atom is -0.484 e.